The predicted octanol–water partition coefficient (Wildman–Crippen LogP) is 2.59. The maximum atomic E-state index is 12.4. The highest BCUT2D eigenvalue weighted by Crippen LogP contribution is 2.22. The molecule has 1 aliphatic heterocycles. The molecule has 1 heterocycles. The van der Waals surface area contributed by atoms with Gasteiger partial charge in [-0.25, -0.2) is 0 Å². The lowest BCUT2D eigenvalue weighted by molar-refractivity contribution is -0.117. The van der Waals surface area contributed by atoms with Crippen LogP contribution in [0.15, 0.2) is 54.6 Å². The predicted molar refractivity (Wildman–Crippen MR) is 90.3 cm³/mol. The molecule has 1 aliphatic rings. The maximum Gasteiger partial charge on any atom is 0.269 e. The number of carbonyl (C=O) groups is 2. The van der Waals surface area contributed by atoms with E-state index in [9.17, 15) is 9.59 Å². The Bertz CT molecular complexity index is 715. The van der Waals surface area contributed by atoms with Crippen molar-refractivity contribution in [3.8, 4) is 0 Å². The first-order valence-corrected chi connectivity index (χ1v) is 7.65. The van der Waals surface area contributed by atoms with Gasteiger partial charge >= 0.3 is 0 Å². The molecule has 1 fully saturated rings. The topological polar surface area (TPSA) is 52.7 Å². The number of amides is 2. The first kappa shape index (κ1) is 15.1. The van der Waals surface area contributed by atoms with Gasteiger partial charge in [0, 0.05) is 31.3 Å². The molecule has 0 radical (unpaired) electrons. The van der Waals surface area contributed by atoms with E-state index < -0.39 is 0 Å². The van der Waals surface area contributed by atoms with Gasteiger partial charge in [-0.3, -0.25) is 20.0 Å². The second-order valence-electron chi connectivity index (χ2n) is 5.53. The average Bonchev–Trinajstić information content (AvgIpc) is 3.02. The lowest BCUT2D eigenvalue weighted by Gasteiger charge is -2.21. The summed E-state index contributed by atoms with van der Waals surface area (Å²) in [7, 11) is 1.79. The highest BCUT2D eigenvalue weighted by Gasteiger charge is 2.22. The normalized spacial score (nSPS) is 14.0. The lowest BCUT2D eigenvalue weighted by atomic mass is 10.2. The lowest BCUT2D eigenvalue weighted by Crippen LogP contribution is -2.39. The Labute approximate surface area is 135 Å². The van der Waals surface area contributed by atoms with E-state index in [1.807, 2.05) is 36.4 Å². The monoisotopic (exact) mass is 309 g/mol. The molecule has 0 atom stereocenters. The second-order valence-corrected chi connectivity index (χ2v) is 5.53. The minimum Gasteiger partial charge on any atom is -0.312 e. The van der Waals surface area contributed by atoms with Crippen LogP contribution < -0.4 is 15.3 Å². The Balaban J connectivity index is 1.74. The summed E-state index contributed by atoms with van der Waals surface area (Å²) in [5, 5.41) is 1.68. The van der Waals surface area contributed by atoms with Crippen LogP contribution in [-0.4, -0.2) is 25.4 Å². The summed E-state index contributed by atoms with van der Waals surface area (Å²) in [6.45, 7) is 0.716. The Morgan fingerprint density at radius 1 is 1.13 bits per heavy atom. The number of benzene rings is 2. The number of hydrogen-bond donors (Lipinski definition) is 1. The summed E-state index contributed by atoms with van der Waals surface area (Å²) in [5.41, 5.74) is 5.04. The molecule has 3 rings (SSSR count). The summed E-state index contributed by atoms with van der Waals surface area (Å²) < 4.78 is 0. The minimum absolute atomic E-state index is 0.115. The second kappa shape index (κ2) is 6.52. The fourth-order valence-electron chi connectivity index (χ4n) is 2.67. The van der Waals surface area contributed by atoms with Crippen LogP contribution >= 0.6 is 0 Å². The van der Waals surface area contributed by atoms with Crippen LogP contribution in [0.1, 0.15) is 23.2 Å². The third-order valence-corrected chi connectivity index (χ3v) is 3.91. The van der Waals surface area contributed by atoms with Gasteiger partial charge in [-0.1, -0.05) is 24.3 Å². The largest absolute Gasteiger partial charge is 0.312 e. The zero-order valence-corrected chi connectivity index (χ0v) is 13.0. The van der Waals surface area contributed by atoms with Crippen molar-refractivity contribution >= 4 is 23.2 Å². The number of para-hydroxylation sites is 1. The zero-order valence-electron chi connectivity index (χ0n) is 13.0. The average molecular weight is 309 g/mol. The third-order valence-electron chi connectivity index (χ3n) is 3.91. The molecule has 1 N–H and O–H groups in total. The van der Waals surface area contributed by atoms with Gasteiger partial charge < -0.3 is 4.90 Å². The Morgan fingerprint density at radius 3 is 2.61 bits per heavy atom. The molecule has 118 valence electrons. The molecule has 2 aromatic carbocycles. The highest BCUT2D eigenvalue weighted by molar-refractivity contribution is 5.99. The number of nitrogens with one attached hydrogen (secondary N) is 1. The van der Waals surface area contributed by atoms with Gasteiger partial charge in [0.2, 0.25) is 5.91 Å². The standard InChI is InChI=1S/C18H19N3O2/c1-20(15-8-3-2-4-9-15)19-18(23)14-7-5-10-16(13-14)21-12-6-11-17(21)22/h2-5,7-10,13H,6,11-12H2,1H3,(H,19,23). The molecule has 0 bridgehead atoms. The number of carbonyl (C=O) groups excluding carboxylic acids is 2. The molecule has 23 heavy (non-hydrogen) atoms. The molecule has 5 heteroatoms. The van der Waals surface area contributed by atoms with Crippen molar-refractivity contribution in [3.63, 3.8) is 0 Å². The van der Waals surface area contributed by atoms with Gasteiger partial charge in [-0.05, 0) is 36.8 Å². The first-order valence-electron chi connectivity index (χ1n) is 7.65. The van der Waals surface area contributed by atoms with Gasteiger partial charge in [-0.15, -0.1) is 0 Å². The summed E-state index contributed by atoms with van der Waals surface area (Å²) in [6.07, 6.45) is 1.44. The molecular weight excluding hydrogens is 290 g/mol. The van der Waals surface area contributed by atoms with E-state index in [2.05, 4.69) is 5.43 Å². The van der Waals surface area contributed by atoms with Crippen LogP contribution in [0.25, 0.3) is 0 Å². The van der Waals surface area contributed by atoms with E-state index in [0.29, 0.717) is 18.5 Å². The van der Waals surface area contributed by atoms with Crippen molar-refractivity contribution in [2.75, 3.05) is 23.5 Å². The molecule has 1 saturated heterocycles. The van der Waals surface area contributed by atoms with E-state index in [1.165, 1.54) is 0 Å². The Kier molecular flexibility index (Phi) is 4.28. The maximum absolute atomic E-state index is 12.4. The summed E-state index contributed by atoms with van der Waals surface area (Å²) in [6, 6.07) is 16.8. The molecule has 5 nitrogen and oxygen atoms in total. The molecule has 0 spiro atoms. The van der Waals surface area contributed by atoms with Crippen LogP contribution in [0.5, 0.6) is 0 Å². The summed E-state index contributed by atoms with van der Waals surface area (Å²) in [4.78, 5) is 26.0. The van der Waals surface area contributed by atoms with Gasteiger partial charge in [0.15, 0.2) is 0 Å². The summed E-state index contributed by atoms with van der Waals surface area (Å²) in [5.74, 6) is -0.0891. The summed E-state index contributed by atoms with van der Waals surface area (Å²) >= 11 is 0. The molecular formula is C18H19N3O2. The minimum atomic E-state index is -0.204. The zero-order chi connectivity index (χ0) is 16.2. The van der Waals surface area contributed by atoms with E-state index in [-0.39, 0.29) is 11.8 Å². The van der Waals surface area contributed by atoms with E-state index in [0.717, 1.165) is 17.8 Å². The third kappa shape index (κ3) is 3.34. The quantitative estimate of drug-likeness (QED) is 0.883. The fourth-order valence-corrected chi connectivity index (χ4v) is 2.67. The molecule has 0 aliphatic carbocycles. The van der Waals surface area contributed by atoms with Gasteiger partial charge in [-0.2, -0.15) is 0 Å². The fraction of sp³-hybridized carbons (Fsp3) is 0.222. The number of hydrazine groups is 1. The van der Waals surface area contributed by atoms with Crippen molar-refractivity contribution in [2.24, 2.45) is 0 Å². The molecule has 2 amide bonds. The van der Waals surface area contributed by atoms with Crippen molar-refractivity contribution in [1.82, 2.24) is 5.43 Å². The Hall–Kier alpha value is -2.82. The van der Waals surface area contributed by atoms with E-state index in [1.54, 1.807) is 35.2 Å². The van der Waals surface area contributed by atoms with Crippen LogP contribution in [0.2, 0.25) is 0 Å². The first-order chi connectivity index (χ1) is 11.1. The number of nitrogens with zero attached hydrogens (tertiary/aromatic N) is 2. The number of hydrogen-bond acceptors (Lipinski definition) is 3. The van der Waals surface area contributed by atoms with Crippen molar-refractivity contribution < 1.29 is 9.59 Å². The van der Waals surface area contributed by atoms with Crippen LogP contribution in [-0.2, 0) is 4.79 Å². The molecule has 2 aromatic rings. The van der Waals surface area contributed by atoms with Gasteiger partial charge in [0.1, 0.15) is 0 Å². The van der Waals surface area contributed by atoms with Crippen molar-refractivity contribution in [2.45, 2.75) is 12.8 Å². The van der Waals surface area contributed by atoms with E-state index in [4.69, 9.17) is 0 Å². The van der Waals surface area contributed by atoms with E-state index >= 15 is 0 Å². The highest BCUT2D eigenvalue weighted by atomic mass is 16.2. The smallest absolute Gasteiger partial charge is 0.269 e. The van der Waals surface area contributed by atoms with Gasteiger partial charge in [0.05, 0.1) is 5.69 Å². The molecule has 0 aromatic heterocycles. The number of anilines is 2. The van der Waals surface area contributed by atoms with Crippen LogP contribution in [0.4, 0.5) is 11.4 Å². The SMILES string of the molecule is CN(NC(=O)c1cccc(N2CCCC2=O)c1)c1ccccc1. The van der Waals surface area contributed by atoms with Crippen LogP contribution in [0.3, 0.4) is 0 Å². The Morgan fingerprint density at radius 2 is 1.91 bits per heavy atom. The van der Waals surface area contributed by atoms with Crippen molar-refractivity contribution in [1.29, 1.82) is 0 Å². The van der Waals surface area contributed by atoms with Crippen LogP contribution in [0, 0.1) is 0 Å². The molecule has 0 unspecified atom stereocenters. The van der Waals surface area contributed by atoms with Crippen molar-refractivity contribution in [3.05, 3.63) is 60.2 Å². The molecule has 0 saturated carbocycles. The van der Waals surface area contributed by atoms with Gasteiger partial charge in [0.25, 0.3) is 5.91 Å². The number of rotatable bonds is 4.